The van der Waals surface area contributed by atoms with E-state index in [0.29, 0.717) is 6.54 Å². The lowest BCUT2D eigenvalue weighted by atomic mass is 10.0. The van der Waals surface area contributed by atoms with Crippen LogP contribution in [0.15, 0.2) is 65.5 Å². The van der Waals surface area contributed by atoms with Crippen molar-refractivity contribution in [3.63, 3.8) is 0 Å². The number of nitrogens with zero attached hydrogens (tertiary/aromatic N) is 3. The van der Waals surface area contributed by atoms with Crippen molar-refractivity contribution < 1.29 is 0 Å². The van der Waals surface area contributed by atoms with Crippen LogP contribution in [0, 0.1) is 27.7 Å². The van der Waals surface area contributed by atoms with Crippen molar-refractivity contribution >= 4 is 16.7 Å². The summed E-state index contributed by atoms with van der Waals surface area (Å²) in [5.74, 6) is 0. The highest BCUT2D eigenvalue weighted by Crippen LogP contribution is 2.32. The highest BCUT2D eigenvalue weighted by Gasteiger charge is 2.26. The number of benzene rings is 3. The lowest BCUT2D eigenvalue weighted by Crippen LogP contribution is -2.38. The van der Waals surface area contributed by atoms with Gasteiger partial charge in [-0.05, 0) is 80.5 Å². The Kier molecular flexibility index (Phi) is 5.61. The molecule has 0 bridgehead atoms. The first-order valence-corrected chi connectivity index (χ1v) is 12.0. The van der Waals surface area contributed by atoms with Gasteiger partial charge < -0.3 is 4.90 Å². The van der Waals surface area contributed by atoms with Gasteiger partial charge >= 0.3 is 5.69 Å². The molecule has 170 valence electrons. The molecular weight excluding hydrogens is 406 g/mol. The van der Waals surface area contributed by atoms with Crippen molar-refractivity contribution in [3.8, 4) is 0 Å². The van der Waals surface area contributed by atoms with E-state index < -0.39 is 0 Å². The summed E-state index contributed by atoms with van der Waals surface area (Å²) in [6.45, 7) is 11.2. The molecule has 0 unspecified atom stereocenters. The van der Waals surface area contributed by atoms with Gasteiger partial charge in [0.05, 0.1) is 17.6 Å². The molecule has 0 atom stereocenters. The Balaban J connectivity index is 1.49. The maximum absolute atomic E-state index is 13.8. The SMILES string of the molecule is Cc1cccc(C)c1Cn1c(=O)n(C2CCN(c3c(C)cccc3C)CC2)c2ccccc21. The third-order valence-corrected chi connectivity index (χ3v) is 7.42. The Labute approximate surface area is 196 Å². The van der Waals surface area contributed by atoms with E-state index in [2.05, 4.69) is 85.7 Å². The fourth-order valence-corrected chi connectivity index (χ4v) is 5.65. The Bertz CT molecular complexity index is 1330. The van der Waals surface area contributed by atoms with E-state index in [9.17, 15) is 4.79 Å². The summed E-state index contributed by atoms with van der Waals surface area (Å²) >= 11 is 0. The molecular formula is C29H33N3O. The predicted octanol–water partition coefficient (Wildman–Crippen LogP) is 5.93. The molecule has 1 saturated heterocycles. The van der Waals surface area contributed by atoms with E-state index in [-0.39, 0.29) is 11.7 Å². The highest BCUT2D eigenvalue weighted by molar-refractivity contribution is 5.76. The quantitative estimate of drug-likeness (QED) is 0.395. The summed E-state index contributed by atoms with van der Waals surface area (Å²) in [6.07, 6.45) is 1.95. The largest absolute Gasteiger partial charge is 0.371 e. The van der Waals surface area contributed by atoms with Gasteiger partial charge in [-0.1, -0.05) is 48.5 Å². The third kappa shape index (κ3) is 3.78. The fraction of sp³-hybridized carbons (Fsp3) is 0.345. The molecule has 1 aromatic heterocycles. The molecule has 0 N–H and O–H groups in total. The Morgan fingerprint density at radius 1 is 0.727 bits per heavy atom. The average molecular weight is 440 g/mol. The second kappa shape index (κ2) is 8.58. The van der Waals surface area contributed by atoms with Gasteiger partial charge in [0.25, 0.3) is 0 Å². The molecule has 3 aromatic carbocycles. The topological polar surface area (TPSA) is 30.2 Å². The molecule has 1 fully saturated rings. The van der Waals surface area contributed by atoms with Crippen LogP contribution in [0.25, 0.3) is 11.0 Å². The maximum atomic E-state index is 13.8. The number of imidazole rings is 1. The summed E-state index contributed by atoms with van der Waals surface area (Å²) in [5.41, 5.74) is 9.94. The van der Waals surface area contributed by atoms with Crippen molar-refractivity contribution in [2.24, 2.45) is 0 Å². The number of aromatic nitrogens is 2. The molecule has 4 heteroatoms. The van der Waals surface area contributed by atoms with E-state index in [1.165, 1.54) is 33.5 Å². The Hall–Kier alpha value is -3.27. The molecule has 4 aromatic rings. The van der Waals surface area contributed by atoms with E-state index in [0.717, 1.165) is 37.0 Å². The minimum absolute atomic E-state index is 0.115. The van der Waals surface area contributed by atoms with E-state index in [4.69, 9.17) is 0 Å². The van der Waals surface area contributed by atoms with E-state index in [1.807, 2.05) is 16.7 Å². The molecule has 0 aliphatic carbocycles. The zero-order valence-corrected chi connectivity index (χ0v) is 20.1. The lowest BCUT2D eigenvalue weighted by Gasteiger charge is -2.35. The molecule has 0 spiro atoms. The van der Waals surface area contributed by atoms with Gasteiger partial charge in [-0.2, -0.15) is 0 Å². The van der Waals surface area contributed by atoms with Crippen LogP contribution in [-0.2, 0) is 6.54 Å². The van der Waals surface area contributed by atoms with E-state index in [1.54, 1.807) is 0 Å². The monoisotopic (exact) mass is 439 g/mol. The van der Waals surface area contributed by atoms with Gasteiger partial charge in [0.2, 0.25) is 0 Å². The zero-order valence-electron chi connectivity index (χ0n) is 20.1. The summed E-state index contributed by atoms with van der Waals surface area (Å²) in [6, 6.07) is 21.4. The Morgan fingerprint density at radius 2 is 1.27 bits per heavy atom. The smallest absolute Gasteiger partial charge is 0.329 e. The van der Waals surface area contributed by atoms with Crippen LogP contribution < -0.4 is 10.6 Å². The first-order chi connectivity index (χ1) is 16.0. The second-order valence-electron chi connectivity index (χ2n) is 9.56. The van der Waals surface area contributed by atoms with Gasteiger partial charge in [0.1, 0.15) is 0 Å². The van der Waals surface area contributed by atoms with Gasteiger partial charge in [0.15, 0.2) is 0 Å². The molecule has 0 radical (unpaired) electrons. The summed E-state index contributed by atoms with van der Waals surface area (Å²) in [7, 11) is 0. The molecule has 33 heavy (non-hydrogen) atoms. The van der Waals surface area contributed by atoms with Crippen LogP contribution in [0.3, 0.4) is 0 Å². The van der Waals surface area contributed by atoms with Crippen LogP contribution >= 0.6 is 0 Å². The normalized spacial score (nSPS) is 14.8. The molecule has 0 amide bonds. The molecule has 0 saturated carbocycles. The standard InChI is InChI=1S/C29H33N3O/c1-20-9-7-10-21(2)25(20)19-31-26-13-5-6-14-27(26)32(29(31)33)24-15-17-30(18-16-24)28-22(3)11-8-12-23(28)4/h5-14,24H,15-19H2,1-4H3. The summed E-state index contributed by atoms with van der Waals surface area (Å²) < 4.78 is 4.05. The van der Waals surface area contributed by atoms with Crippen LogP contribution in [0.2, 0.25) is 0 Å². The van der Waals surface area contributed by atoms with Crippen molar-refractivity contribution in [1.82, 2.24) is 9.13 Å². The summed E-state index contributed by atoms with van der Waals surface area (Å²) in [5, 5.41) is 0. The second-order valence-corrected chi connectivity index (χ2v) is 9.56. The Morgan fingerprint density at radius 3 is 1.88 bits per heavy atom. The van der Waals surface area contributed by atoms with E-state index >= 15 is 0 Å². The third-order valence-electron chi connectivity index (χ3n) is 7.42. The number of anilines is 1. The number of fused-ring (bicyclic) bond motifs is 1. The van der Waals surface area contributed by atoms with Crippen molar-refractivity contribution in [2.45, 2.75) is 53.1 Å². The summed E-state index contributed by atoms with van der Waals surface area (Å²) in [4.78, 5) is 16.3. The number of aryl methyl sites for hydroxylation is 4. The first-order valence-electron chi connectivity index (χ1n) is 12.0. The van der Waals surface area contributed by atoms with Crippen LogP contribution in [0.5, 0.6) is 0 Å². The maximum Gasteiger partial charge on any atom is 0.329 e. The number of hydrogen-bond donors (Lipinski definition) is 0. The number of rotatable bonds is 4. The number of para-hydroxylation sites is 3. The molecule has 1 aliphatic heterocycles. The minimum Gasteiger partial charge on any atom is -0.371 e. The molecule has 2 heterocycles. The minimum atomic E-state index is 0.115. The van der Waals surface area contributed by atoms with Crippen molar-refractivity contribution in [3.05, 3.63) is 99.0 Å². The van der Waals surface area contributed by atoms with Gasteiger partial charge in [0, 0.05) is 24.8 Å². The fourth-order valence-electron chi connectivity index (χ4n) is 5.65. The van der Waals surface area contributed by atoms with Crippen molar-refractivity contribution in [1.29, 1.82) is 0 Å². The lowest BCUT2D eigenvalue weighted by molar-refractivity contribution is 0.392. The number of piperidine rings is 1. The molecule has 5 rings (SSSR count). The molecule has 4 nitrogen and oxygen atoms in total. The first kappa shape index (κ1) is 21.6. The van der Waals surface area contributed by atoms with Gasteiger partial charge in [-0.25, -0.2) is 4.79 Å². The molecule has 1 aliphatic rings. The predicted molar refractivity (Wildman–Crippen MR) is 138 cm³/mol. The number of hydrogen-bond acceptors (Lipinski definition) is 2. The average Bonchev–Trinajstić information content (AvgIpc) is 3.08. The van der Waals surface area contributed by atoms with Crippen LogP contribution in [0.1, 0.15) is 46.7 Å². The van der Waals surface area contributed by atoms with Crippen LogP contribution in [-0.4, -0.2) is 22.2 Å². The van der Waals surface area contributed by atoms with Crippen LogP contribution in [0.4, 0.5) is 5.69 Å². The van der Waals surface area contributed by atoms with Gasteiger partial charge in [-0.3, -0.25) is 9.13 Å². The van der Waals surface area contributed by atoms with Gasteiger partial charge in [-0.15, -0.1) is 0 Å². The highest BCUT2D eigenvalue weighted by atomic mass is 16.1. The van der Waals surface area contributed by atoms with Crippen molar-refractivity contribution in [2.75, 3.05) is 18.0 Å². The zero-order chi connectivity index (χ0) is 23.1.